The molecule has 6 nitrogen and oxygen atoms in total. The summed E-state index contributed by atoms with van der Waals surface area (Å²) in [4.78, 5) is 0. The number of alkyl halides is 3. The summed E-state index contributed by atoms with van der Waals surface area (Å²) in [5.41, 5.74) is 3.41. The van der Waals surface area contributed by atoms with Gasteiger partial charge in [0.15, 0.2) is 8.32 Å². The molecular weight excluding hydrogens is 625 g/mol. The second-order valence-electron chi connectivity index (χ2n) is 12.5. The summed E-state index contributed by atoms with van der Waals surface area (Å²) >= 11 is 17.7. The van der Waals surface area contributed by atoms with Crippen molar-refractivity contribution in [3.63, 3.8) is 0 Å². The number of methoxy groups -OCH3 is 1. The fourth-order valence-electron chi connectivity index (χ4n) is 4.66. The van der Waals surface area contributed by atoms with Crippen molar-refractivity contribution >= 4 is 49.0 Å². The molecule has 1 aliphatic carbocycles. The Morgan fingerprint density at radius 3 is 2.21 bits per heavy atom. The van der Waals surface area contributed by atoms with E-state index in [4.69, 9.17) is 63.6 Å². The third kappa shape index (κ3) is 11.7. The number of hydrogen-bond acceptors (Lipinski definition) is 6. The molecule has 0 aliphatic heterocycles. The Bertz CT molecular complexity index is 1180. The third-order valence-electron chi connectivity index (χ3n) is 8.19. The molecule has 238 valence electrons. The van der Waals surface area contributed by atoms with Crippen LogP contribution < -0.4 is 4.74 Å². The summed E-state index contributed by atoms with van der Waals surface area (Å²) in [6.07, 6.45) is 5.39. The molecule has 0 fully saturated rings. The van der Waals surface area contributed by atoms with Crippen LogP contribution in [0.3, 0.4) is 0 Å². The van der Waals surface area contributed by atoms with Crippen molar-refractivity contribution in [2.24, 2.45) is 0 Å². The molecule has 0 radical (unpaired) electrons. The number of rotatable bonds is 15. The lowest BCUT2D eigenvalue weighted by Crippen LogP contribution is -2.44. The number of ether oxygens (including phenoxy) is 4. The van der Waals surface area contributed by atoms with E-state index in [-0.39, 0.29) is 24.0 Å². The van der Waals surface area contributed by atoms with Crippen LogP contribution in [0.5, 0.6) is 5.75 Å². The Morgan fingerprint density at radius 2 is 1.60 bits per heavy atom. The molecule has 43 heavy (non-hydrogen) atoms. The standard InChI is InChI=1S/C33H46Cl3NO5Si/c1-32(2,3)43(5,6)42-28(18-12-24-10-8-7-9-11-24)19-15-26-20-29(41-31(37)33(34,35)36)21-30(26)40-23-39-22-25-13-16-27(38-4)17-14-25/h7-11,13-14,16-17,20,28-30,37H,12,15,18-19,21-23H2,1-6H3/t28-,29-,30+/m1/s1. The normalized spacial score (nSPS) is 18.3. The molecule has 2 aromatic carbocycles. The lowest BCUT2D eigenvalue weighted by molar-refractivity contribution is -0.0889. The van der Waals surface area contributed by atoms with Crippen molar-refractivity contribution in [2.75, 3.05) is 13.9 Å². The van der Waals surface area contributed by atoms with Gasteiger partial charge in [-0.15, -0.1) is 0 Å². The zero-order valence-electron chi connectivity index (χ0n) is 26.1. The number of halogens is 3. The van der Waals surface area contributed by atoms with Crippen molar-refractivity contribution < 1.29 is 23.4 Å². The average Bonchev–Trinajstić information content (AvgIpc) is 3.33. The Hall–Kier alpha value is -1.58. The van der Waals surface area contributed by atoms with E-state index in [0.717, 1.165) is 42.6 Å². The fourth-order valence-corrected chi connectivity index (χ4v) is 6.22. The summed E-state index contributed by atoms with van der Waals surface area (Å²) in [7, 11) is -0.354. The minimum absolute atomic E-state index is 0.0911. The van der Waals surface area contributed by atoms with Gasteiger partial charge in [-0.25, -0.2) is 0 Å². The van der Waals surface area contributed by atoms with Crippen LogP contribution in [0, 0.1) is 5.41 Å². The van der Waals surface area contributed by atoms with Gasteiger partial charge in [-0.05, 0) is 78.7 Å². The number of hydrogen-bond donors (Lipinski definition) is 1. The largest absolute Gasteiger partial charge is 0.497 e. The second kappa shape index (κ2) is 16.1. The minimum Gasteiger partial charge on any atom is -0.497 e. The Balaban J connectivity index is 1.67. The van der Waals surface area contributed by atoms with E-state index in [0.29, 0.717) is 13.0 Å². The van der Waals surface area contributed by atoms with Crippen molar-refractivity contribution in [3.8, 4) is 5.75 Å². The summed E-state index contributed by atoms with van der Waals surface area (Å²) in [5.74, 6) is 0.392. The fraction of sp³-hybridized carbons (Fsp3) is 0.545. The van der Waals surface area contributed by atoms with Gasteiger partial charge in [-0.2, -0.15) is 0 Å². The van der Waals surface area contributed by atoms with Crippen LogP contribution in [0.15, 0.2) is 66.2 Å². The molecule has 1 aliphatic rings. The molecule has 0 saturated heterocycles. The van der Waals surface area contributed by atoms with Gasteiger partial charge in [0.2, 0.25) is 5.90 Å². The third-order valence-corrected chi connectivity index (χ3v) is 13.2. The lowest BCUT2D eigenvalue weighted by atomic mass is 10.00. The molecule has 0 saturated carbocycles. The number of aryl methyl sites for hydroxylation is 1. The van der Waals surface area contributed by atoms with Crippen LogP contribution in [0.1, 0.15) is 57.6 Å². The van der Waals surface area contributed by atoms with E-state index < -0.39 is 24.1 Å². The Labute approximate surface area is 273 Å². The molecule has 0 heterocycles. The second-order valence-corrected chi connectivity index (χ2v) is 19.5. The minimum atomic E-state index is -2.00. The average molecular weight is 671 g/mol. The van der Waals surface area contributed by atoms with Gasteiger partial charge in [-0.3, -0.25) is 5.41 Å². The van der Waals surface area contributed by atoms with E-state index in [2.05, 4.69) is 58.1 Å². The molecule has 0 spiro atoms. The predicted octanol–water partition coefficient (Wildman–Crippen LogP) is 9.42. The molecule has 0 aromatic heterocycles. The van der Waals surface area contributed by atoms with Crippen LogP contribution in [-0.2, 0) is 31.7 Å². The number of benzene rings is 2. The zero-order valence-corrected chi connectivity index (χ0v) is 29.4. The van der Waals surface area contributed by atoms with Crippen LogP contribution in [0.2, 0.25) is 18.1 Å². The van der Waals surface area contributed by atoms with Gasteiger partial charge < -0.3 is 23.4 Å². The zero-order chi connectivity index (χ0) is 31.7. The first-order valence-electron chi connectivity index (χ1n) is 14.7. The van der Waals surface area contributed by atoms with E-state index in [9.17, 15) is 0 Å². The van der Waals surface area contributed by atoms with Crippen LogP contribution >= 0.6 is 34.8 Å². The van der Waals surface area contributed by atoms with Gasteiger partial charge in [0.25, 0.3) is 3.79 Å². The van der Waals surface area contributed by atoms with Crippen LogP contribution in [-0.4, -0.2) is 50.2 Å². The molecule has 10 heteroatoms. The molecule has 3 rings (SSSR count). The first-order valence-corrected chi connectivity index (χ1v) is 18.8. The van der Waals surface area contributed by atoms with Gasteiger partial charge >= 0.3 is 0 Å². The summed E-state index contributed by atoms with van der Waals surface area (Å²) in [6.45, 7) is 11.9. The molecular formula is C33H46Cl3NO5Si. The maximum atomic E-state index is 8.06. The summed E-state index contributed by atoms with van der Waals surface area (Å²) in [5, 5.41) is 8.16. The maximum absolute atomic E-state index is 8.06. The monoisotopic (exact) mass is 669 g/mol. The highest BCUT2D eigenvalue weighted by Gasteiger charge is 2.39. The van der Waals surface area contributed by atoms with Crippen molar-refractivity contribution in [2.45, 2.75) is 99.7 Å². The smallest absolute Gasteiger partial charge is 0.265 e. The topological polar surface area (TPSA) is 70.0 Å². The van der Waals surface area contributed by atoms with Gasteiger partial charge in [0, 0.05) is 12.5 Å². The van der Waals surface area contributed by atoms with E-state index in [1.54, 1.807) is 7.11 Å². The lowest BCUT2D eigenvalue weighted by Gasteiger charge is -2.39. The molecule has 0 bridgehead atoms. The Kier molecular flexibility index (Phi) is 13.5. The highest BCUT2D eigenvalue weighted by molar-refractivity contribution is 6.76. The molecule has 0 unspecified atom stereocenters. The van der Waals surface area contributed by atoms with E-state index in [1.165, 1.54) is 5.56 Å². The Morgan fingerprint density at radius 1 is 0.953 bits per heavy atom. The van der Waals surface area contributed by atoms with E-state index in [1.807, 2.05) is 36.4 Å². The highest BCUT2D eigenvalue weighted by atomic mass is 35.6. The van der Waals surface area contributed by atoms with E-state index >= 15 is 0 Å². The quantitative estimate of drug-likeness (QED) is 0.0389. The SMILES string of the molecule is COc1ccc(COCO[C@H]2C[C@H](OC(=N)C(Cl)(Cl)Cl)C=C2CC[C@@H](CCc2ccccc2)O[Si](C)(C)C(C)(C)C)cc1. The van der Waals surface area contributed by atoms with Crippen LogP contribution in [0.25, 0.3) is 0 Å². The first kappa shape index (κ1) is 35.9. The molecule has 0 amide bonds. The summed E-state index contributed by atoms with van der Waals surface area (Å²) < 4.78 is 28.0. The number of nitrogens with one attached hydrogen (secondary N) is 1. The van der Waals surface area contributed by atoms with Crippen molar-refractivity contribution in [1.82, 2.24) is 0 Å². The molecule has 1 N–H and O–H groups in total. The van der Waals surface area contributed by atoms with Gasteiger partial charge in [0.1, 0.15) is 18.6 Å². The first-order chi connectivity index (χ1) is 20.2. The highest BCUT2D eigenvalue weighted by Crippen LogP contribution is 2.39. The van der Waals surface area contributed by atoms with Crippen molar-refractivity contribution in [3.05, 3.63) is 77.4 Å². The predicted molar refractivity (Wildman–Crippen MR) is 179 cm³/mol. The van der Waals surface area contributed by atoms with Crippen LogP contribution in [0.4, 0.5) is 0 Å². The van der Waals surface area contributed by atoms with Gasteiger partial charge in [-0.1, -0.05) is 98.0 Å². The maximum Gasteiger partial charge on any atom is 0.265 e. The summed E-state index contributed by atoms with van der Waals surface area (Å²) in [6, 6.07) is 18.3. The van der Waals surface area contributed by atoms with Gasteiger partial charge in [0.05, 0.1) is 19.8 Å². The molecule has 3 atom stereocenters. The van der Waals surface area contributed by atoms with Crippen molar-refractivity contribution in [1.29, 1.82) is 5.41 Å². The molecule has 2 aromatic rings.